The van der Waals surface area contributed by atoms with Crippen LogP contribution in [0, 0.1) is 0 Å². The summed E-state index contributed by atoms with van der Waals surface area (Å²) in [5, 5.41) is 3.50. The second-order valence-electron chi connectivity index (χ2n) is 4.41. The van der Waals surface area contributed by atoms with Crippen molar-refractivity contribution in [1.82, 2.24) is 5.32 Å². The molecule has 0 bridgehead atoms. The summed E-state index contributed by atoms with van der Waals surface area (Å²) in [4.78, 5) is 2.46. The molecule has 0 aromatic heterocycles. The molecule has 0 spiro atoms. The zero-order chi connectivity index (χ0) is 11.7. The van der Waals surface area contributed by atoms with Gasteiger partial charge in [-0.3, -0.25) is 0 Å². The van der Waals surface area contributed by atoms with Gasteiger partial charge in [-0.2, -0.15) is 0 Å². The maximum atomic E-state index is 3.64. The second-order valence-corrected chi connectivity index (χ2v) is 6.18. The lowest BCUT2D eigenvalue weighted by atomic mass is 10.1. The second kappa shape index (κ2) is 5.07. The van der Waals surface area contributed by atoms with Gasteiger partial charge in [0.1, 0.15) is 0 Å². The highest BCUT2D eigenvalue weighted by Crippen LogP contribution is 2.31. The first kappa shape index (κ1) is 12.4. The van der Waals surface area contributed by atoms with E-state index in [2.05, 4.69) is 74.1 Å². The molecule has 1 aliphatic heterocycles. The number of piperazine rings is 1. The Balaban J connectivity index is 2.28. The topological polar surface area (TPSA) is 15.3 Å². The summed E-state index contributed by atoms with van der Waals surface area (Å²) in [5.74, 6) is 0. The van der Waals surface area contributed by atoms with Crippen LogP contribution in [0.15, 0.2) is 27.1 Å². The van der Waals surface area contributed by atoms with Gasteiger partial charge in [0.2, 0.25) is 0 Å². The van der Waals surface area contributed by atoms with Gasteiger partial charge in [-0.25, -0.2) is 0 Å². The van der Waals surface area contributed by atoms with Crippen molar-refractivity contribution in [2.75, 3.05) is 18.0 Å². The third kappa shape index (κ3) is 2.60. The van der Waals surface area contributed by atoms with Crippen LogP contribution in [-0.4, -0.2) is 25.2 Å². The monoisotopic (exact) mass is 346 g/mol. The number of hydrogen-bond acceptors (Lipinski definition) is 2. The summed E-state index contributed by atoms with van der Waals surface area (Å²) < 4.78 is 2.27. The zero-order valence-electron chi connectivity index (χ0n) is 9.50. The number of anilines is 1. The Morgan fingerprint density at radius 2 is 2.06 bits per heavy atom. The van der Waals surface area contributed by atoms with Crippen molar-refractivity contribution in [1.29, 1.82) is 0 Å². The van der Waals surface area contributed by atoms with Crippen LogP contribution in [0.2, 0.25) is 0 Å². The van der Waals surface area contributed by atoms with Crippen molar-refractivity contribution in [3.63, 3.8) is 0 Å². The number of nitrogens with one attached hydrogen (secondary N) is 1. The van der Waals surface area contributed by atoms with Crippen LogP contribution in [0.3, 0.4) is 0 Å². The Morgan fingerprint density at radius 3 is 2.75 bits per heavy atom. The molecule has 2 nitrogen and oxygen atoms in total. The number of rotatable bonds is 1. The minimum absolute atomic E-state index is 0.536. The molecule has 1 saturated heterocycles. The lowest BCUT2D eigenvalue weighted by Gasteiger charge is -2.39. The van der Waals surface area contributed by atoms with Crippen molar-refractivity contribution >= 4 is 37.5 Å². The van der Waals surface area contributed by atoms with Crippen LogP contribution in [0.25, 0.3) is 0 Å². The third-order valence-electron chi connectivity index (χ3n) is 2.98. The molecule has 1 aromatic carbocycles. The van der Waals surface area contributed by atoms with E-state index in [0.29, 0.717) is 12.1 Å². The molecule has 2 rings (SSSR count). The summed E-state index contributed by atoms with van der Waals surface area (Å²) in [7, 11) is 0. The average molecular weight is 348 g/mol. The maximum Gasteiger partial charge on any atom is 0.0514 e. The Kier molecular flexibility index (Phi) is 3.93. The molecule has 0 radical (unpaired) electrons. The van der Waals surface area contributed by atoms with Gasteiger partial charge in [0, 0.05) is 34.1 Å². The molecular formula is C12H16Br2N2. The van der Waals surface area contributed by atoms with Gasteiger partial charge < -0.3 is 10.2 Å². The van der Waals surface area contributed by atoms with E-state index in [0.717, 1.165) is 22.0 Å². The fourth-order valence-corrected chi connectivity index (χ4v) is 3.35. The quantitative estimate of drug-likeness (QED) is 0.837. The molecule has 1 aromatic rings. The van der Waals surface area contributed by atoms with Crippen LogP contribution < -0.4 is 10.2 Å². The van der Waals surface area contributed by atoms with Crippen LogP contribution in [0.5, 0.6) is 0 Å². The molecule has 1 fully saturated rings. The van der Waals surface area contributed by atoms with Crippen LogP contribution in [0.4, 0.5) is 5.69 Å². The van der Waals surface area contributed by atoms with Gasteiger partial charge in [-0.1, -0.05) is 15.9 Å². The summed E-state index contributed by atoms with van der Waals surface area (Å²) >= 11 is 7.12. The highest BCUT2D eigenvalue weighted by Gasteiger charge is 2.23. The minimum atomic E-state index is 0.536. The van der Waals surface area contributed by atoms with Gasteiger partial charge in [0.05, 0.1) is 5.69 Å². The van der Waals surface area contributed by atoms with Gasteiger partial charge >= 0.3 is 0 Å². The lowest BCUT2D eigenvalue weighted by molar-refractivity contribution is 0.425. The van der Waals surface area contributed by atoms with Gasteiger partial charge in [-0.15, -0.1) is 0 Å². The largest absolute Gasteiger partial charge is 0.365 e. The Bertz CT molecular complexity index is 381. The Hall–Kier alpha value is -0.0600. The molecule has 2 unspecified atom stereocenters. The molecular weight excluding hydrogens is 332 g/mol. The average Bonchev–Trinajstić information content (AvgIpc) is 2.22. The highest BCUT2D eigenvalue weighted by atomic mass is 79.9. The first-order valence-corrected chi connectivity index (χ1v) is 7.11. The van der Waals surface area contributed by atoms with E-state index >= 15 is 0 Å². The fraction of sp³-hybridized carbons (Fsp3) is 0.500. The number of nitrogens with zero attached hydrogens (tertiary/aromatic N) is 1. The van der Waals surface area contributed by atoms with Gasteiger partial charge in [0.25, 0.3) is 0 Å². The highest BCUT2D eigenvalue weighted by molar-refractivity contribution is 9.11. The van der Waals surface area contributed by atoms with E-state index < -0.39 is 0 Å². The molecule has 2 atom stereocenters. The van der Waals surface area contributed by atoms with Gasteiger partial charge in [0.15, 0.2) is 0 Å². The summed E-state index contributed by atoms with van der Waals surface area (Å²) in [6, 6.07) is 7.46. The van der Waals surface area contributed by atoms with Crippen molar-refractivity contribution in [2.45, 2.75) is 25.9 Å². The molecule has 0 saturated carbocycles. The van der Waals surface area contributed by atoms with Crippen molar-refractivity contribution in [3.8, 4) is 0 Å². The number of benzene rings is 1. The molecule has 16 heavy (non-hydrogen) atoms. The van der Waals surface area contributed by atoms with Crippen molar-refractivity contribution in [3.05, 3.63) is 27.1 Å². The predicted octanol–water partition coefficient (Wildman–Crippen LogP) is 3.40. The fourth-order valence-electron chi connectivity index (χ4n) is 2.07. The summed E-state index contributed by atoms with van der Waals surface area (Å²) in [6.45, 7) is 6.59. The molecule has 88 valence electrons. The van der Waals surface area contributed by atoms with E-state index in [4.69, 9.17) is 0 Å². The third-order valence-corrected chi connectivity index (χ3v) is 4.11. The maximum absolute atomic E-state index is 3.64. The van der Waals surface area contributed by atoms with E-state index in [1.165, 1.54) is 5.69 Å². The van der Waals surface area contributed by atoms with Crippen LogP contribution >= 0.6 is 31.9 Å². The van der Waals surface area contributed by atoms with E-state index in [1.807, 2.05) is 0 Å². The van der Waals surface area contributed by atoms with Crippen molar-refractivity contribution < 1.29 is 0 Å². The minimum Gasteiger partial charge on any atom is -0.365 e. The van der Waals surface area contributed by atoms with Crippen molar-refractivity contribution in [2.24, 2.45) is 0 Å². The predicted molar refractivity (Wildman–Crippen MR) is 76.1 cm³/mol. The van der Waals surface area contributed by atoms with Crippen LogP contribution in [-0.2, 0) is 0 Å². The Morgan fingerprint density at radius 1 is 1.31 bits per heavy atom. The SMILES string of the molecule is CC1CN(c2ccc(Br)cc2Br)C(C)CN1. The molecule has 1 heterocycles. The van der Waals surface area contributed by atoms with E-state index in [9.17, 15) is 0 Å². The van der Waals surface area contributed by atoms with Crippen LogP contribution in [0.1, 0.15) is 13.8 Å². The first-order chi connectivity index (χ1) is 7.58. The molecule has 4 heteroatoms. The number of halogens is 2. The zero-order valence-corrected chi connectivity index (χ0v) is 12.7. The molecule has 0 aliphatic carbocycles. The first-order valence-electron chi connectivity index (χ1n) is 5.53. The molecule has 1 N–H and O–H groups in total. The smallest absolute Gasteiger partial charge is 0.0514 e. The standard InChI is InChI=1S/C12H16Br2N2/c1-8-7-16(9(2)6-15-8)12-4-3-10(13)5-11(12)14/h3-5,8-9,15H,6-7H2,1-2H3. The van der Waals surface area contributed by atoms with E-state index in [1.54, 1.807) is 0 Å². The number of hydrogen-bond donors (Lipinski definition) is 1. The Labute approximate surface area is 114 Å². The molecule has 0 amide bonds. The summed E-state index contributed by atoms with van der Waals surface area (Å²) in [5.41, 5.74) is 1.28. The van der Waals surface area contributed by atoms with E-state index in [-0.39, 0.29) is 0 Å². The lowest BCUT2D eigenvalue weighted by Crippen LogP contribution is -2.54. The van der Waals surface area contributed by atoms with Gasteiger partial charge in [-0.05, 0) is 48.0 Å². The normalized spacial score (nSPS) is 25.9. The molecule has 1 aliphatic rings. The summed E-state index contributed by atoms with van der Waals surface area (Å²) in [6.07, 6.45) is 0.